The van der Waals surface area contributed by atoms with Crippen LogP contribution in [0.15, 0.2) is 16.3 Å². The standard InChI is InChI=1S/C12H15NO4S2/c14-12(15)10-4-5-11(18-10)19(16,17)13-6-8-2-1-3-9(8)7-13/h4-5,8-9H,1-3,6-7H2,(H,14,15). The molecule has 1 aliphatic heterocycles. The highest BCUT2D eigenvalue weighted by atomic mass is 32.2. The smallest absolute Gasteiger partial charge is 0.345 e. The average molecular weight is 301 g/mol. The van der Waals surface area contributed by atoms with E-state index in [1.54, 1.807) is 0 Å². The van der Waals surface area contributed by atoms with Gasteiger partial charge in [0.05, 0.1) is 0 Å². The molecule has 0 amide bonds. The maximum absolute atomic E-state index is 12.4. The van der Waals surface area contributed by atoms with Crippen LogP contribution in [0.2, 0.25) is 0 Å². The SMILES string of the molecule is O=C(O)c1ccc(S(=O)(=O)N2CC3CCCC3C2)s1. The van der Waals surface area contributed by atoms with Gasteiger partial charge < -0.3 is 5.11 Å². The molecule has 2 fully saturated rings. The predicted octanol–water partition coefficient (Wildman–Crippen LogP) is 1.87. The second-order valence-corrected chi connectivity index (χ2v) is 8.45. The fraction of sp³-hybridized carbons (Fsp3) is 0.583. The van der Waals surface area contributed by atoms with Crippen LogP contribution in [0.1, 0.15) is 28.9 Å². The van der Waals surface area contributed by atoms with Gasteiger partial charge in [-0.1, -0.05) is 6.42 Å². The van der Waals surface area contributed by atoms with Crippen LogP contribution >= 0.6 is 11.3 Å². The van der Waals surface area contributed by atoms with Crippen LogP contribution in [0.25, 0.3) is 0 Å². The molecule has 7 heteroatoms. The fourth-order valence-corrected chi connectivity index (χ4v) is 5.94. The molecule has 2 aliphatic rings. The summed E-state index contributed by atoms with van der Waals surface area (Å²) < 4.78 is 26.6. The minimum Gasteiger partial charge on any atom is -0.477 e. The summed E-state index contributed by atoms with van der Waals surface area (Å²) in [5.74, 6) is -0.0906. The molecule has 0 bridgehead atoms. The monoisotopic (exact) mass is 301 g/mol. The highest BCUT2D eigenvalue weighted by molar-refractivity contribution is 7.91. The largest absolute Gasteiger partial charge is 0.477 e. The first-order valence-corrected chi connectivity index (χ1v) is 8.57. The van der Waals surface area contributed by atoms with Gasteiger partial charge in [-0.25, -0.2) is 13.2 Å². The van der Waals surface area contributed by atoms with Gasteiger partial charge in [0.15, 0.2) is 0 Å². The van der Waals surface area contributed by atoms with E-state index in [0.717, 1.165) is 24.2 Å². The first kappa shape index (κ1) is 13.1. The maximum Gasteiger partial charge on any atom is 0.345 e. The van der Waals surface area contributed by atoms with E-state index in [1.807, 2.05) is 0 Å². The number of fused-ring (bicyclic) bond motifs is 1. The van der Waals surface area contributed by atoms with Crippen LogP contribution in [0.3, 0.4) is 0 Å². The summed E-state index contributed by atoms with van der Waals surface area (Å²) >= 11 is 0.834. The first-order valence-electron chi connectivity index (χ1n) is 6.32. The topological polar surface area (TPSA) is 74.7 Å². The molecular formula is C12H15NO4S2. The van der Waals surface area contributed by atoms with Crippen molar-refractivity contribution >= 4 is 27.3 Å². The van der Waals surface area contributed by atoms with Crippen LogP contribution in [-0.2, 0) is 10.0 Å². The molecular weight excluding hydrogens is 286 g/mol. The summed E-state index contributed by atoms with van der Waals surface area (Å²) in [4.78, 5) is 10.9. The third-order valence-corrected chi connectivity index (χ3v) is 7.45. The molecule has 19 heavy (non-hydrogen) atoms. The molecule has 2 heterocycles. The molecule has 0 spiro atoms. The third-order valence-electron chi connectivity index (χ3n) is 4.08. The molecule has 1 aromatic heterocycles. The molecule has 5 nitrogen and oxygen atoms in total. The Labute approximate surface area is 115 Å². The van der Waals surface area contributed by atoms with E-state index in [0.29, 0.717) is 24.9 Å². The summed E-state index contributed by atoms with van der Waals surface area (Å²) in [5.41, 5.74) is 0. The third kappa shape index (κ3) is 2.19. The van der Waals surface area contributed by atoms with Gasteiger partial charge in [0.25, 0.3) is 10.0 Å². The molecule has 1 aliphatic carbocycles. The molecule has 1 N–H and O–H groups in total. The van der Waals surface area contributed by atoms with Crippen molar-refractivity contribution in [1.82, 2.24) is 4.31 Å². The van der Waals surface area contributed by atoms with Gasteiger partial charge in [0.1, 0.15) is 9.09 Å². The second-order valence-electron chi connectivity index (χ2n) is 5.20. The van der Waals surface area contributed by atoms with Crippen molar-refractivity contribution in [3.63, 3.8) is 0 Å². The maximum atomic E-state index is 12.4. The summed E-state index contributed by atoms with van der Waals surface area (Å²) in [6, 6.07) is 2.76. The Balaban J connectivity index is 1.84. The number of thiophene rings is 1. The molecule has 1 saturated carbocycles. The number of nitrogens with zero attached hydrogens (tertiary/aromatic N) is 1. The average Bonchev–Trinajstić information content (AvgIpc) is 3.04. The lowest BCUT2D eigenvalue weighted by atomic mass is 10.0. The van der Waals surface area contributed by atoms with Crippen molar-refractivity contribution in [3.8, 4) is 0 Å². The van der Waals surface area contributed by atoms with Gasteiger partial charge in [-0.15, -0.1) is 11.3 Å². The van der Waals surface area contributed by atoms with Crippen LogP contribution < -0.4 is 0 Å². The summed E-state index contributed by atoms with van der Waals surface area (Å²) in [5, 5.41) is 8.86. The van der Waals surface area contributed by atoms with E-state index in [2.05, 4.69) is 0 Å². The Morgan fingerprint density at radius 1 is 1.26 bits per heavy atom. The predicted molar refractivity (Wildman–Crippen MR) is 70.9 cm³/mol. The summed E-state index contributed by atoms with van der Waals surface area (Å²) in [7, 11) is -3.50. The van der Waals surface area contributed by atoms with E-state index in [1.165, 1.54) is 22.9 Å². The number of aromatic carboxylic acids is 1. The van der Waals surface area contributed by atoms with Crippen LogP contribution in [0.4, 0.5) is 0 Å². The Morgan fingerprint density at radius 3 is 2.42 bits per heavy atom. The Hall–Kier alpha value is -0.920. The van der Waals surface area contributed by atoms with Gasteiger partial charge >= 0.3 is 5.97 Å². The van der Waals surface area contributed by atoms with Crippen molar-refractivity contribution < 1.29 is 18.3 Å². The second kappa shape index (κ2) is 4.57. The van der Waals surface area contributed by atoms with Gasteiger partial charge in [-0.2, -0.15) is 4.31 Å². The van der Waals surface area contributed by atoms with E-state index in [-0.39, 0.29) is 9.09 Å². The number of rotatable bonds is 3. The van der Waals surface area contributed by atoms with Gasteiger partial charge in [0.2, 0.25) is 0 Å². The molecule has 1 saturated heterocycles. The number of carboxylic acids is 1. The van der Waals surface area contributed by atoms with Crippen molar-refractivity contribution in [3.05, 3.63) is 17.0 Å². The van der Waals surface area contributed by atoms with Gasteiger partial charge in [-0.3, -0.25) is 0 Å². The highest BCUT2D eigenvalue weighted by Gasteiger charge is 2.41. The zero-order valence-electron chi connectivity index (χ0n) is 10.3. The number of carboxylic acid groups (broad SMARTS) is 1. The Bertz CT molecular complexity index is 595. The quantitative estimate of drug-likeness (QED) is 0.925. The number of hydrogen-bond acceptors (Lipinski definition) is 4. The molecule has 2 unspecified atom stereocenters. The molecule has 104 valence electrons. The summed E-state index contributed by atoms with van der Waals surface area (Å²) in [6.45, 7) is 1.18. The Morgan fingerprint density at radius 2 is 1.89 bits per heavy atom. The van der Waals surface area contributed by atoms with E-state index in [4.69, 9.17) is 5.11 Å². The lowest BCUT2D eigenvalue weighted by molar-refractivity contribution is 0.0702. The normalized spacial score (nSPS) is 27.6. The van der Waals surface area contributed by atoms with E-state index in [9.17, 15) is 13.2 Å². The fourth-order valence-electron chi connectivity index (χ4n) is 3.09. The minimum absolute atomic E-state index is 0.0676. The Kier molecular flexibility index (Phi) is 3.15. The van der Waals surface area contributed by atoms with Crippen LogP contribution in [0, 0.1) is 11.8 Å². The lowest BCUT2D eigenvalue weighted by Gasteiger charge is -2.15. The zero-order valence-corrected chi connectivity index (χ0v) is 11.9. The van der Waals surface area contributed by atoms with Crippen LogP contribution in [-0.4, -0.2) is 36.9 Å². The summed E-state index contributed by atoms with van der Waals surface area (Å²) in [6.07, 6.45) is 3.42. The molecule has 0 aromatic carbocycles. The zero-order chi connectivity index (χ0) is 13.6. The van der Waals surface area contributed by atoms with Crippen LogP contribution in [0.5, 0.6) is 0 Å². The first-order chi connectivity index (χ1) is 8.98. The van der Waals surface area contributed by atoms with Gasteiger partial charge in [-0.05, 0) is 36.8 Å². The minimum atomic E-state index is -3.50. The van der Waals surface area contributed by atoms with Crippen molar-refractivity contribution in [2.75, 3.05) is 13.1 Å². The van der Waals surface area contributed by atoms with E-state index >= 15 is 0 Å². The van der Waals surface area contributed by atoms with Crippen molar-refractivity contribution in [2.24, 2.45) is 11.8 Å². The number of hydrogen-bond donors (Lipinski definition) is 1. The van der Waals surface area contributed by atoms with Crippen molar-refractivity contribution in [2.45, 2.75) is 23.5 Å². The van der Waals surface area contributed by atoms with Crippen molar-refractivity contribution in [1.29, 1.82) is 0 Å². The molecule has 2 atom stereocenters. The van der Waals surface area contributed by atoms with Gasteiger partial charge in [0, 0.05) is 13.1 Å². The van der Waals surface area contributed by atoms with E-state index < -0.39 is 16.0 Å². The number of sulfonamides is 1. The highest BCUT2D eigenvalue weighted by Crippen LogP contribution is 2.40. The molecule has 0 radical (unpaired) electrons. The number of carbonyl (C=O) groups is 1. The molecule has 1 aromatic rings. The molecule has 3 rings (SSSR count). The lowest BCUT2D eigenvalue weighted by Crippen LogP contribution is -2.29.